The van der Waals surface area contributed by atoms with Crippen LogP contribution in [-0.4, -0.2) is 30.0 Å². The molecule has 0 unspecified atom stereocenters. The van der Waals surface area contributed by atoms with Crippen molar-refractivity contribution >= 4 is 12.0 Å². The van der Waals surface area contributed by atoms with Crippen molar-refractivity contribution in [3.63, 3.8) is 0 Å². The molecule has 2 amide bonds. The molecule has 1 fully saturated rings. The number of hydrogen-bond donors (Lipinski definition) is 1. The molecular weight excluding hydrogens is 268 g/mol. The first kappa shape index (κ1) is 14.9. The Hall–Kier alpha value is -2.48. The van der Waals surface area contributed by atoms with E-state index in [0.717, 1.165) is 12.8 Å². The zero-order valence-electron chi connectivity index (χ0n) is 12.0. The maximum absolute atomic E-state index is 11.8. The Kier molecular flexibility index (Phi) is 4.83. The molecule has 0 atom stereocenters. The van der Waals surface area contributed by atoms with Gasteiger partial charge in [-0.1, -0.05) is 12.8 Å². The standard InChI is InChI=1S/C16H18N2O3/c1-3-13-4-6-14(7-5-13)15(19)17-21-16(20)18-10-8-12(2)9-11-18/h1,4-7,12H,8-11H2,2H3,(H,17,19). The second-order valence-electron chi connectivity index (χ2n) is 5.19. The van der Waals surface area contributed by atoms with Crippen LogP contribution in [0, 0.1) is 18.3 Å². The average Bonchev–Trinajstić information content (AvgIpc) is 2.53. The van der Waals surface area contributed by atoms with E-state index in [9.17, 15) is 9.59 Å². The Morgan fingerprint density at radius 3 is 2.48 bits per heavy atom. The van der Waals surface area contributed by atoms with Crippen LogP contribution < -0.4 is 5.48 Å². The summed E-state index contributed by atoms with van der Waals surface area (Å²) in [7, 11) is 0. The second-order valence-corrected chi connectivity index (χ2v) is 5.19. The second kappa shape index (κ2) is 6.80. The lowest BCUT2D eigenvalue weighted by Crippen LogP contribution is -2.41. The topological polar surface area (TPSA) is 58.6 Å². The largest absolute Gasteiger partial charge is 0.434 e. The monoisotopic (exact) mass is 286 g/mol. The summed E-state index contributed by atoms with van der Waals surface area (Å²) < 4.78 is 0. The van der Waals surface area contributed by atoms with E-state index in [4.69, 9.17) is 11.3 Å². The Balaban J connectivity index is 1.83. The van der Waals surface area contributed by atoms with Gasteiger partial charge in [0.05, 0.1) is 0 Å². The van der Waals surface area contributed by atoms with Gasteiger partial charge in [-0.25, -0.2) is 4.79 Å². The number of benzene rings is 1. The van der Waals surface area contributed by atoms with Crippen molar-refractivity contribution in [1.82, 2.24) is 10.4 Å². The van der Waals surface area contributed by atoms with Gasteiger partial charge in [-0.2, -0.15) is 5.48 Å². The molecule has 1 heterocycles. The zero-order chi connectivity index (χ0) is 15.2. The third kappa shape index (κ3) is 3.99. The van der Waals surface area contributed by atoms with Crippen LogP contribution in [0.25, 0.3) is 0 Å². The van der Waals surface area contributed by atoms with Gasteiger partial charge in [0.15, 0.2) is 0 Å². The fraction of sp³-hybridized carbons (Fsp3) is 0.375. The first-order valence-corrected chi connectivity index (χ1v) is 6.93. The number of amides is 2. The van der Waals surface area contributed by atoms with Gasteiger partial charge >= 0.3 is 6.09 Å². The number of carbonyl (C=O) groups is 2. The Labute approximate surface area is 124 Å². The van der Waals surface area contributed by atoms with E-state index < -0.39 is 12.0 Å². The van der Waals surface area contributed by atoms with E-state index in [2.05, 4.69) is 18.3 Å². The number of carbonyl (C=O) groups excluding carboxylic acids is 2. The van der Waals surface area contributed by atoms with E-state index in [-0.39, 0.29) is 0 Å². The number of rotatable bonds is 1. The number of piperidine rings is 1. The van der Waals surface area contributed by atoms with Crippen molar-refractivity contribution in [2.24, 2.45) is 5.92 Å². The third-order valence-corrected chi connectivity index (χ3v) is 3.59. The number of nitrogens with zero attached hydrogens (tertiary/aromatic N) is 1. The van der Waals surface area contributed by atoms with Crippen LogP contribution in [0.3, 0.4) is 0 Å². The highest BCUT2D eigenvalue weighted by molar-refractivity contribution is 5.94. The summed E-state index contributed by atoms with van der Waals surface area (Å²) in [4.78, 5) is 30.1. The summed E-state index contributed by atoms with van der Waals surface area (Å²) in [5.41, 5.74) is 3.23. The van der Waals surface area contributed by atoms with Crippen LogP contribution >= 0.6 is 0 Å². The highest BCUT2D eigenvalue weighted by Crippen LogP contribution is 2.16. The molecule has 0 spiro atoms. The number of hydrogen-bond acceptors (Lipinski definition) is 3. The van der Waals surface area contributed by atoms with Crippen molar-refractivity contribution in [3.8, 4) is 12.3 Å². The van der Waals surface area contributed by atoms with E-state index in [0.29, 0.717) is 30.1 Å². The molecule has 1 saturated heterocycles. The lowest BCUT2D eigenvalue weighted by Gasteiger charge is -2.28. The molecule has 1 aromatic rings. The summed E-state index contributed by atoms with van der Waals surface area (Å²) in [5.74, 6) is 2.61. The van der Waals surface area contributed by atoms with Gasteiger partial charge in [-0.05, 0) is 43.0 Å². The average molecular weight is 286 g/mol. The van der Waals surface area contributed by atoms with Crippen LogP contribution in [0.5, 0.6) is 0 Å². The molecule has 2 rings (SSSR count). The fourth-order valence-electron chi connectivity index (χ4n) is 2.12. The number of hydroxylamine groups is 1. The van der Waals surface area contributed by atoms with Crippen LogP contribution in [-0.2, 0) is 4.84 Å². The van der Waals surface area contributed by atoms with Crippen molar-refractivity contribution in [3.05, 3.63) is 35.4 Å². The smallest absolute Gasteiger partial charge is 0.321 e. The first-order valence-electron chi connectivity index (χ1n) is 6.93. The van der Waals surface area contributed by atoms with Gasteiger partial charge in [-0.15, -0.1) is 6.42 Å². The van der Waals surface area contributed by atoms with Gasteiger partial charge in [-0.3, -0.25) is 4.79 Å². The zero-order valence-corrected chi connectivity index (χ0v) is 12.0. The van der Waals surface area contributed by atoms with E-state index in [1.54, 1.807) is 29.2 Å². The molecule has 0 aromatic heterocycles. The quantitative estimate of drug-likeness (QED) is 0.636. The number of terminal acetylenes is 1. The summed E-state index contributed by atoms with van der Waals surface area (Å²) >= 11 is 0. The molecule has 1 aliphatic rings. The molecule has 0 aliphatic carbocycles. The molecule has 5 nitrogen and oxygen atoms in total. The first-order chi connectivity index (χ1) is 10.1. The lowest BCUT2D eigenvalue weighted by atomic mass is 10.00. The molecule has 1 aliphatic heterocycles. The predicted octanol–water partition coefficient (Wildman–Crippen LogP) is 2.18. The summed E-state index contributed by atoms with van der Waals surface area (Å²) in [6.45, 7) is 3.48. The molecule has 1 aromatic carbocycles. The molecule has 0 bridgehead atoms. The highest BCUT2D eigenvalue weighted by Gasteiger charge is 2.22. The van der Waals surface area contributed by atoms with Gasteiger partial charge in [0, 0.05) is 24.2 Å². The van der Waals surface area contributed by atoms with Crippen LogP contribution in [0.1, 0.15) is 35.7 Å². The van der Waals surface area contributed by atoms with Gasteiger partial charge in [0.1, 0.15) is 0 Å². The van der Waals surface area contributed by atoms with Gasteiger partial charge in [0.25, 0.3) is 5.91 Å². The Morgan fingerprint density at radius 2 is 1.90 bits per heavy atom. The number of nitrogens with one attached hydrogen (secondary N) is 1. The molecule has 110 valence electrons. The molecule has 1 N–H and O–H groups in total. The van der Waals surface area contributed by atoms with Crippen molar-refractivity contribution in [2.45, 2.75) is 19.8 Å². The summed E-state index contributed by atoms with van der Waals surface area (Å²) in [6, 6.07) is 6.48. The lowest BCUT2D eigenvalue weighted by molar-refractivity contribution is 0.0373. The van der Waals surface area contributed by atoms with Gasteiger partial charge < -0.3 is 9.74 Å². The van der Waals surface area contributed by atoms with E-state index in [1.165, 1.54) is 0 Å². The van der Waals surface area contributed by atoms with Crippen molar-refractivity contribution in [1.29, 1.82) is 0 Å². The Morgan fingerprint density at radius 1 is 1.29 bits per heavy atom. The third-order valence-electron chi connectivity index (χ3n) is 3.59. The van der Waals surface area contributed by atoms with Gasteiger partial charge in [0.2, 0.25) is 0 Å². The predicted molar refractivity (Wildman–Crippen MR) is 78.3 cm³/mol. The van der Waals surface area contributed by atoms with Crippen LogP contribution in [0.4, 0.5) is 4.79 Å². The van der Waals surface area contributed by atoms with E-state index >= 15 is 0 Å². The molecular formula is C16H18N2O3. The number of likely N-dealkylation sites (tertiary alicyclic amines) is 1. The van der Waals surface area contributed by atoms with Crippen molar-refractivity contribution < 1.29 is 14.4 Å². The summed E-state index contributed by atoms with van der Waals surface area (Å²) in [6.07, 6.45) is 6.63. The Bertz CT molecular complexity index is 552. The normalized spacial score (nSPS) is 15.1. The maximum Gasteiger partial charge on any atom is 0.434 e. The molecule has 0 radical (unpaired) electrons. The minimum atomic E-state index is -0.518. The van der Waals surface area contributed by atoms with Crippen LogP contribution in [0.2, 0.25) is 0 Å². The maximum atomic E-state index is 11.8. The molecule has 0 saturated carbocycles. The van der Waals surface area contributed by atoms with E-state index in [1.807, 2.05) is 0 Å². The molecule has 5 heteroatoms. The minimum absolute atomic E-state index is 0.383. The van der Waals surface area contributed by atoms with Crippen molar-refractivity contribution in [2.75, 3.05) is 13.1 Å². The summed E-state index contributed by atoms with van der Waals surface area (Å²) in [5, 5.41) is 0. The SMILES string of the molecule is C#Cc1ccc(C(=O)NOC(=O)N2CCC(C)CC2)cc1. The minimum Gasteiger partial charge on any atom is -0.321 e. The van der Waals surface area contributed by atoms with Crippen LogP contribution in [0.15, 0.2) is 24.3 Å². The molecule has 21 heavy (non-hydrogen) atoms. The fourth-order valence-corrected chi connectivity index (χ4v) is 2.12. The highest BCUT2D eigenvalue weighted by atomic mass is 16.7.